The van der Waals surface area contributed by atoms with E-state index in [1.54, 1.807) is 0 Å². The Morgan fingerprint density at radius 2 is 1.11 bits per heavy atom. The molecule has 0 saturated carbocycles. The van der Waals surface area contributed by atoms with Crippen molar-refractivity contribution in [2.45, 2.75) is 41.5 Å². The molecule has 0 atom stereocenters. The van der Waals surface area contributed by atoms with Crippen LogP contribution in [0.4, 0.5) is 0 Å². The number of aryl methyl sites for hydroxylation is 4. The zero-order valence-corrected chi connectivity index (χ0v) is 12.2. The molecule has 2 aromatic rings. The predicted molar refractivity (Wildman–Crippen MR) is 76.6 cm³/mol. The topological polar surface area (TPSA) is 38.7 Å². The normalized spacial score (nSPS) is 8.56. The van der Waals surface area contributed by atoms with E-state index in [2.05, 4.69) is 21.2 Å². The summed E-state index contributed by atoms with van der Waals surface area (Å²) < 4.78 is 0. The number of pyridine rings is 1. The van der Waals surface area contributed by atoms with E-state index in [1.807, 2.05) is 65.9 Å². The maximum Gasteiger partial charge on any atom is 0.0600 e. The lowest BCUT2D eigenvalue weighted by atomic mass is 10.3. The molecule has 0 aliphatic heterocycles. The highest BCUT2D eigenvalue weighted by atomic mass is 15.1. The average molecular weight is 245 g/mol. The van der Waals surface area contributed by atoms with Crippen molar-refractivity contribution in [3.63, 3.8) is 0 Å². The van der Waals surface area contributed by atoms with Gasteiger partial charge in [-0.3, -0.25) is 4.98 Å². The summed E-state index contributed by atoms with van der Waals surface area (Å²) in [7, 11) is 0. The SMILES string of the molecule is CC.Cc1ccc(C)nc1.Cc1ccc(C)nn1. The summed E-state index contributed by atoms with van der Waals surface area (Å²) in [4.78, 5) is 4.08. The van der Waals surface area contributed by atoms with E-state index >= 15 is 0 Å². The largest absolute Gasteiger partial charge is 0.261 e. The molecule has 0 N–H and O–H groups in total. The quantitative estimate of drug-likeness (QED) is 0.708. The first-order chi connectivity index (χ1) is 8.58. The van der Waals surface area contributed by atoms with Crippen LogP contribution in [0.5, 0.6) is 0 Å². The molecule has 0 spiro atoms. The van der Waals surface area contributed by atoms with Gasteiger partial charge in [0.25, 0.3) is 0 Å². The third kappa shape index (κ3) is 7.49. The minimum absolute atomic E-state index is 0.968. The lowest BCUT2D eigenvalue weighted by Gasteiger charge is -1.89. The Labute approximate surface area is 110 Å². The monoisotopic (exact) mass is 245 g/mol. The van der Waals surface area contributed by atoms with Crippen LogP contribution in [0.2, 0.25) is 0 Å². The van der Waals surface area contributed by atoms with Crippen LogP contribution in [-0.2, 0) is 0 Å². The molecule has 18 heavy (non-hydrogen) atoms. The highest BCUT2D eigenvalue weighted by Crippen LogP contribution is 1.94. The van der Waals surface area contributed by atoms with Gasteiger partial charge in [-0.25, -0.2) is 0 Å². The van der Waals surface area contributed by atoms with Crippen LogP contribution in [0.25, 0.3) is 0 Å². The molecule has 3 heteroatoms. The minimum atomic E-state index is 0.968. The van der Waals surface area contributed by atoms with Crippen LogP contribution < -0.4 is 0 Å². The average Bonchev–Trinajstić information content (AvgIpc) is 2.40. The number of hydrogen-bond acceptors (Lipinski definition) is 3. The standard InChI is InChI=1S/C7H9N.C6H8N2.C2H6/c1-6-3-4-7(2)8-5-6;1-5-3-4-6(2)8-7-5;1-2/h3-5H,1-2H3;3-4H,1-2H3;1-2H3. The Morgan fingerprint density at radius 1 is 0.667 bits per heavy atom. The molecule has 0 radical (unpaired) electrons. The molecule has 0 aliphatic carbocycles. The molecule has 3 nitrogen and oxygen atoms in total. The van der Waals surface area contributed by atoms with Crippen LogP contribution in [0.3, 0.4) is 0 Å². The van der Waals surface area contributed by atoms with E-state index in [-0.39, 0.29) is 0 Å². The van der Waals surface area contributed by atoms with Crippen molar-refractivity contribution in [2.75, 3.05) is 0 Å². The van der Waals surface area contributed by atoms with Gasteiger partial charge in [0.15, 0.2) is 0 Å². The van der Waals surface area contributed by atoms with Gasteiger partial charge in [0, 0.05) is 11.9 Å². The Hall–Kier alpha value is -1.77. The van der Waals surface area contributed by atoms with Crippen LogP contribution in [0, 0.1) is 27.7 Å². The van der Waals surface area contributed by atoms with E-state index in [0.29, 0.717) is 0 Å². The van der Waals surface area contributed by atoms with Crippen molar-refractivity contribution in [3.05, 3.63) is 53.1 Å². The van der Waals surface area contributed by atoms with Gasteiger partial charge in [-0.1, -0.05) is 19.9 Å². The summed E-state index contributed by atoms with van der Waals surface area (Å²) in [6.45, 7) is 11.9. The summed E-state index contributed by atoms with van der Waals surface area (Å²) >= 11 is 0. The number of hydrogen-bond donors (Lipinski definition) is 0. The van der Waals surface area contributed by atoms with Gasteiger partial charge in [0.05, 0.1) is 11.4 Å². The molecule has 0 aromatic carbocycles. The lowest BCUT2D eigenvalue weighted by molar-refractivity contribution is 0.941. The minimum Gasteiger partial charge on any atom is -0.261 e. The van der Waals surface area contributed by atoms with Gasteiger partial charge >= 0.3 is 0 Å². The molecule has 0 saturated heterocycles. The maximum absolute atomic E-state index is 4.08. The Morgan fingerprint density at radius 3 is 1.39 bits per heavy atom. The van der Waals surface area contributed by atoms with Gasteiger partial charge in [0.1, 0.15) is 0 Å². The summed E-state index contributed by atoms with van der Waals surface area (Å²) in [5.41, 5.74) is 4.23. The second kappa shape index (κ2) is 9.28. The molecular formula is C15H23N3. The lowest BCUT2D eigenvalue weighted by Crippen LogP contribution is -1.86. The highest BCUT2D eigenvalue weighted by molar-refractivity contribution is 5.10. The van der Waals surface area contributed by atoms with Gasteiger partial charge in [-0.05, 0) is 51.5 Å². The number of aromatic nitrogens is 3. The number of nitrogens with zero attached hydrogens (tertiary/aromatic N) is 3. The third-order valence-electron chi connectivity index (χ3n) is 1.99. The van der Waals surface area contributed by atoms with E-state index < -0.39 is 0 Å². The maximum atomic E-state index is 4.08. The Bertz CT molecular complexity index is 333. The summed E-state index contributed by atoms with van der Waals surface area (Å²) in [5.74, 6) is 0. The van der Waals surface area contributed by atoms with Gasteiger partial charge < -0.3 is 0 Å². The van der Waals surface area contributed by atoms with Crippen LogP contribution >= 0.6 is 0 Å². The van der Waals surface area contributed by atoms with Gasteiger partial charge in [-0.2, -0.15) is 10.2 Å². The van der Waals surface area contributed by atoms with Crippen molar-refractivity contribution in [1.29, 1.82) is 0 Å². The second-order valence-electron chi connectivity index (χ2n) is 3.79. The van der Waals surface area contributed by atoms with E-state index in [0.717, 1.165) is 17.1 Å². The molecule has 2 rings (SSSR count). The summed E-state index contributed by atoms with van der Waals surface area (Å²) in [5, 5.41) is 7.66. The third-order valence-corrected chi connectivity index (χ3v) is 1.99. The first kappa shape index (κ1) is 16.2. The highest BCUT2D eigenvalue weighted by Gasteiger charge is 1.83. The molecule has 0 unspecified atom stereocenters. The molecule has 0 bridgehead atoms. The first-order valence-electron chi connectivity index (χ1n) is 6.24. The van der Waals surface area contributed by atoms with Gasteiger partial charge in [-0.15, -0.1) is 0 Å². The van der Waals surface area contributed by atoms with Crippen molar-refractivity contribution in [2.24, 2.45) is 0 Å². The molecule has 0 amide bonds. The molecule has 0 fully saturated rings. The van der Waals surface area contributed by atoms with E-state index in [9.17, 15) is 0 Å². The molecule has 0 aliphatic rings. The molecule has 98 valence electrons. The van der Waals surface area contributed by atoms with Crippen LogP contribution in [0.15, 0.2) is 30.5 Å². The van der Waals surface area contributed by atoms with Crippen molar-refractivity contribution < 1.29 is 0 Å². The zero-order chi connectivity index (χ0) is 14.0. The summed E-state index contributed by atoms with van der Waals surface area (Å²) in [6.07, 6.45) is 1.87. The predicted octanol–water partition coefficient (Wildman–Crippen LogP) is 3.82. The fourth-order valence-electron chi connectivity index (χ4n) is 1.01. The van der Waals surface area contributed by atoms with E-state index in [4.69, 9.17) is 0 Å². The molecule has 2 heterocycles. The number of rotatable bonds is 0. The fraction of sp³-hybridized carbons (Fsp3) is 0.400. The van der Waals surface area contributed by atoms with Crippen molar-refractivity contribution in [3.8, 4) is 0 Å². The smallest absolute Gasteiger partial charge is 0.0600 e. The van der Waals surface area contributed by atoms with Gasteiger partial charge in [0.2, 0.25) is 0 Å². The fourth-order valence-corrected chi connectivity index (χ4v) is 1.01. The molecule has 2 aromatic heterocycles. The Kier molecular flexibility index (Phi) is 8.37. The first-order valence-corrected chi connectivity index (χ1v) is 6.24. The van der Waals surface area contributed by atoms with Crippen molar-refractivity contribution in [1.82, 2.24) is 15.2 Å². The van der Waals surface area contributed by atoms with Crippen LogP contribution in [-0.4, -0.2) is 15.2 Å². The molecular weight excluding hydrogens is 222 g/mol. The Balaban J connectivity index is 0.000000283. The van der Waals surface area contributed by atoms with Crippen LogP contribution in [0.1, 0.15) is 36.5 Å². The second-order valence-corrected chi connectivity index (χ2v) is 3.79. The van der Waals surface area contributed by atoms with Crippen molar-refractivity contribution >= 4 is 0 Å². The summed E-state index contributed by atoms with van der Waals surface area (Å²) in [6, 6.07) is 7.96. The zero-order valence-electron chi connectivity index (χ0n) is 12.2. The van der Waals surface area contributed by atoms with E-state index in [1.165, 1.54) is 5.56 Å².